The molecule has 0 spiro atoms. The number of thioether (sulfide) groups is 1. The Kier molecular flexibility index (Phi) is 3.75. The number of para-hydroxylation sites is 2. The summed E-state index contributed by atoms with van der Waals surface area (Å²) in [5, 5.41) is 0.871. The summed E-state index contributed by atoms with van der Waals surface area (Å²) in [4.78, 5) is 7.88. The van der Waals surface area contributed by atoms with Crippen molar-refractivity contribution in [1.82, 2.24) is 9.97 Å². The van der Waals surface area contributed by atoms with E-state index in [1.54, 1.807) is 18.9 Å². The Morgan fingerprint density at radius 1 is 1.26 bits per heavy atom. The molecule has 5 nitrogen and oxygen atoms in total. The van der Waals surface area contributed by atoms with Crippen LogP contribution < -0.4 is 14.2 Å². The van der Waals surface area contributed by atoms with Crippen LogP contribution in [0.4, 0.5) is 0 Å². The second-order valence-electron chi connectivity index (χ2n) is 5.23. The molecule has 1 aliphatic heterocycles. The zero-order valence-electron chi connectivity index (χ0n) is 12.6. The summed E-state index contributed by atoms with van der Waals surface area (Å²) < 4.78 is 16.9. The van der Waals surface area contributed by atoms with Gasteiger partial charge in [-0.3, -0.25) is 0 Å². The van der Waals surface area contributed by atoms with Crippen LogP contribution in [0.25, 0.3) is 11.0 Å². The van der Waals surface area contributed by atoms with Gasteiger partial charge in [0, 0.05) is 11.8 Å². The maximum absolute atomic E-state index is 5.96. The zero-order chi connectivity index (χ0) is 15.6. The number of H-pyrrole nitrogens is 1. The summed E-state index contributed by atoms with van der Waals surface area (Å²) in [5.74, 6) is 3.20. The van der Waals surface area contributed by atoms with Gasteiger partial charge in [0.1, 0.15) is 18.5 Å². The molecule has 23 heavy (non-hydrogen) atoms. The molecule has 0 saturated heterocycles. The van der Waals surface area contributed by atoms with E-state index in [-0.39, 0.29) is 6.10 Å². The van der Waals surface area contributed by atoms with E-state index in [0.717, 1.165) is 39.2 Å². The molecule has 1 N–H and O–H groups in total. The molecule has 0 bridgehead atoms. The van der Waals surface area contributed by atoms with Crippen LogP contribution in [-0.4, -0.2) is 35.5 Å². The van der Waals surface area contributed by atoms with Gasteiger partial charge in [-0.1, -0.05) is 23.9 Å². The molecule has 0 radical (unpaired) electrons. The molecule has 0 fully saturated rings. The van der Waals surface area contributed by atoms with E-state index in [1.165, 1.54) is 0 Å². The summed E-state index contributed by atoms with van der Waals surface area (Å²) in [7, 11) is 1.66. The number of nitrogens with zero attached hydrogens (tertiary/aromatic N) is 1. The van der Waals surface area contributed by atoms with Gasteiger partial charge in [0.05, 0.1) is 18.1 Å². The van der Waals surface area contributed by atoms with Gasteiger partial charge in [-0.15, -0.1) is 0 Å². The Labute approximate surface area is 138 Å². The highest BCUT2D eigenvalue weighted by molar-refractivity contribution is 7.99. The number of hydrogen-bond donors (Lipinski definition) is 1. The first-order valence-electron chi connectivity index (χ1n) is 7.37. The third kappa shape index (κ3) is 2.94. The van der Waals surface area contributed by atoms with Crippen LogP contribution in [0, 0.1) is 0 Å². The number of aromatic amines is 1. The summed E-state index contributed by atoms with van der Waals surface area (Å²) in [6.45, 7) is 0.554. The van der Waals surface area contributed by atoms with Crippen molar-refractivity contribution in [3.05, 3.63) is 42.5 Å². The molecule has 0 amide bonds. The van der Waals surface area contributed by atoms with Crippen molar-refractivity contribution in [1.29, 1.82) is 0 Å². The second kappa shape index (κ2) is 6.04. The molecule has 1 aliphatic rings. The van der Waals surface area contributed by atoms with E-state index in [1.807, 2.05) is 42.5 Å². The lowest BCUT2D eigenvalue weighted by Crippen LogP contribution is -2.31. The predicted molar refractivity (Wildman–Crippen MR) is 89.7 cm³/mol. The van der Waals surface area contributed by atoms with Gasteiger partial charge >= 0.3 is 0 Å². The van der Waals surface area contributed by atoms with Crippen LogP contribution in [0.1, 0.15) is 0 Å². The fraction of sp³-hybridized carbons (Fsp3) is 0.235. The lowest BCUT2D eigenvalue weighted by Gasteiger charge is -2.25. The van der Waals surface area contributed by atoms with Crippen LogP contribution in [-0.2, 0) is 0 Å². The van der Waals surface area contributed by atoms with Gasteiger partial charge < -0.3 is 19.2 Å². The van der Waals surface area contributed by atoms with Crippen LogP contribution in [0.15, 0.2) is 47.6 Å². The second-order valence-corrected chi connectivity index (χ2v) is 6.24. The molecule has 118 valence electrons. The van der Waals surface area contributed by atoms with Gasteiger partial charge in [0.2, 0.25) is 0 Å². The van der Waals surface area contributed by atoms with E-state index in [0.29, 0.717) is 6.61 Å². The average Bonchev–Trinajstić information content (AvgIpc) is 3.01. The zero-order valence-corrected chi connectivity index (χ0v) is 13.4. The quantitative estimate of drug-likeness (QED) is 0.743. The minimum Gasteiger partial charge on any atom is -0.497 e. The van der Waals surface area contributed by atoms with Crippen molar-refractivity contribution >= 4 is 22.8 Å². The Balaban J connectivity index is 1.43. The van der Waals surface area contributed by atoms with Crippen molar-refractivity contribution in [2.24, 2.45) is 0 Å². The Hall–Kier alpha value is -2.34. The fourth-order valence-corrected chi connectivity index (χ4v) is 3.33. The lowest BCUT2D eigenvalue weighted by molar-refractivity contribution is 0.107. The van der Waals surface area contributed by atoms with Crippen molar-refractivity contribution in [3.8, 4) is 17.2 Å². The highest BCUT2D eigenvalue weighted by atomic mass is 32.2. The summed E-state index contributed by atoms with van der Waals surface area (Å²) in [5.41, 5.74) is 1.90. The lowest BCUT2D eigenvalue weighted by atomic mass is 10.3. The van der Waals surface area contributed by atoms with E-state index in [2.05, 4.69) is 9.97 Å². The van der Waals surface area contributed by atoms with Crippen molar-refractivity contribution in [3.63, 3.8) is 0 Å². The molecule has 1 unspecified atom stereocenters. The molecule has 0 aliphatic carbocycles. The van der Waals surface area contributed by atoms with Crippen LogP contribution in [0.3, 0.4) is 0 Å². The number of hydrogen-bond acceptors (Lipinski definition) is 5. The first-order valence-corrected chi connectivity index (χ1v) is 8.35. The van der Waals surface area contributed by atoms with E-state index in [9.17, 15) is 0 Å². The standard InChI is InChI=1S/C17H16N2O3S/c1-20-11-6-7-13-14(8-11)19-17(18-13)23-10-12-9-21-15-4-2-3-5-16(15)22-12/h2-8,12H,9-10H2,1H3,(H,18,19). The van der Waals surface area contributed by atoms with Crippen LogP contribution in [0.2, 0.25) is 0 Å². The molecule has 3 aromatic rings. The molecule has 2 aromatic carbocycles. The predicted octanol–water partition coefficient (Wildman–Crippen LogP) is 3.50. The smallest absolute Gasteiger partial charge is 0.166 e. The van der Waals surface area contributed by atoms with Gasteiger partial charge in [-0.25, -0.2) is 4.98 Å². The Morgan fingerprint density at radius 2 is 2.13 bits per heavy atom. The largest absolute Gasteiger partial charge is 0.497 e. The molecular formula is C17H16N2O3S. The molecule has 0 saturated carbocycles. The van der Waals surface area contributed by atoms with E-state index in [4.69, 9.17) is 14.2 Å². The fourth-order valence-electron chi connectivity index (χ4n) is 2.48. The van der Waals surface area contributed by atoms with Crippen LogP contribution >= 0.6 is 11.8 Å². The van der Waals surface area contributed by atoms with Gasteiger partial charge in [0.25, 0.3) is 0 Å². The molecule has 1 atom stereocenters. The summed E-state index contributed by atoms with van der Waals surface area (Å²) in [6.07, 6.45) is 0.0117. The number of fused-ring (bicyclic) bond motifs is 2. The van der Waals surface area contributed by atoms with E-state index >= 15 is 0 Å². The maximum atomic E-state index is 5.96. The van der Waals surface area contributed by atoms with Crippen molar-refractivity contribution < 1.29 is 14.2 Å². The van der Waals surface area contributed by atoms with Crippen molar-refractivity contribution in [2.75, 3.05) is 19.5 Å². The summed E-state index contributed by atoms with van der Waals surface area (Å²) >= 11 is 1.63. The third-order valence-corrected chi connectivity index (χ3v) is 4.65. The van der Waals surface area contributed by atoms with E-state index < -0.39 is 0 Å². The van der Waals surface area contributed by atoms with Gasteiger partial charge in [0.15, 0.2) is 16.7 Å². The first kappa shape index (κ1) is 14.3. The average molecular weight is 328 g/mol. The molecular weight excluding hydrogens is 312 g/mol. The number of rotatable bonds is 4. The highest BCUT2D eigenvalue weighted by Crippen LogP contribution is 2.32. The number of ether oxygens (including phenoxy) is 3. The molecule has 2 heterocycles. The minimum atomic E-state index is 0.0117. The van der Waals surface area contributed by atoms with Gasteiger partial charge in [-0.2, -0.15) is 0 Å². The first-order chi connectivity index (χ1) is 11.3. The third-order valence-electron chi connectivity index (χ3n) is 3.64. The number of nitrogens with one attached hydrogen (secondary N) is 1. The topological polar surface area (TPSA) is 56.4 Å². The monoisotopic (exact) mass is 328 g/mol. The Bertz CT molecular complexity index is 834. The number of benzene rings is 2. The minimum absolute atomic E-state index is 0.0117. The van der Waals surface area contributed by atoms with Crippen LogP contribution in [0.5, 0.6) is 17.2 Å². The highest BCUT2D eigenvalue weighted by Gasteiger charge is 2.21. The Morgan fingerprint density at radius 3 is 3.00 bits per heavy atom. The molecule has 1 aromatic heterocycles. The molecule has 6 heteroatoms. The van der Waals surface area contributed by atoms with Crippen molar-refractivity contribution in [2.45, 2.75) is 11.3 Å². The maximum Gasteiger partial charge on any atom is 0.166 e. The summed E-state index contributed by atoms with van der Waals surface area (Å²) in [6, 6.07) is 13.6. The normalized spacial score (nSPS) is 16.5. The SMILES string of the molecule is COc1ccc2nc(SCC3COc4ccccc4O3)[nH]c2c1. The number of methoxy groups -OCH3 is 1. The number of imidazole rings is 1. The molecule has 4 rings (SSSR count). The van der Waals surface area contributed by atoms with Gasteiger partial charge in [-0.05, 0) is 24.3 Å². The number of aromatic nitrogens is 2.